The first-order valence-corrected chi connectivity index (χ1v) is 17.5. The van der Waals surface area contributed by atoms with Crippen molar-refractivity contribution in [3.8, 4) is 28.5 Å². The highest BCUT2D eigenvalue weighted by Crippen LogP contribution is 2.42. The van der Waals surface area contributed by atoms with E-state index in [1.807, 2.05) is 39.2 Å². The lowest BCUT2D eigenvalue weighted by Crippen LogP contribution is -2.45. The zero-order valence-corrected chi connectivity index (χ0v) is 28.6. The molecular weight excluding hydrogens is 614 g/mol. The number of anilines is 1. The van der Waals surface area contributed by atoms with Gasteiger partial charge in [-0.2, -0.15) is 10.2 Å². The molecule has 2 N–H and O–H groups in total. The van der Waals surface area contributed by atoms with Gasteiger partial charge < -0.3 is 14.7 Å². The van der Waals surface area contributed by atoms with Crippen molar-refractivity contribution in [1.29, 1.82) is 0 Å². The number of hydrogen-bond acceptors (Lipinski definition) is 9. The lowest BCUT2D eigenvalue weighted by molar-refractivity contribution is -0.0124. The number of H-pyrrole nitrogens is 1. The molecule has 0 radical (unpaired) electrons. The second-order valence-electron chi connectivity index (χ2n) is 14.3. The van der Waals surface area contributed by atoms with Gasteiger partial charge in [0, 0.05) is 86.2 Å². The fraction of sp³-hybridized carbons (Fsp3) is 0.421. The molecule has 2 atom stereocenters. The van der Waals surface area contributed by atoms with Gasteiger partial charge in [0.15, 0.2) is 5.82 Å². The first kappa shape index (κ1) is 31.7. The van der Waals surface area contributed by atoms with Gasteiger partial charge in [-0.25, -0.2) is 9.97 Å². The summed E-state index contributed by atoms with van der Waals surface area (Å²) >= 11 is 0. The molecule has 2 aromatic carbocycles. The van der Waals surface area contributed by atoms with Crippen LogP contribution >= 0.6 is 0 Å². The number of likely N-dealkylation sites (tertiary alicyclic amines) is 1. The predicted octanol–water partition coefficient (Wildman–Crippen LogP) is 5.22. The molecule has 5 aromatic rings. The third kappa shape index (κ3) is 6.58. The van der Waals surface area contributed by atoms with Gasteiger partial charge in [0.05, 0.1) is 11.6 Å². The molecule has 6 heterocycles. The summed E-state index contributed by atoms with van der Waals surface area (Å²) in [7, 11) is 1.88. The van der Waals surface area contributed by atoms with Crippen LogP contribution in [0.1, 0.15) is 38.7 Å². The van der Waals surface area contributed by atoms with Crippen LogP contribution in [-0.2, 0) is 7.05 Å². The number of rotatable bonds is 9. The van der Waals surface area contributed by atoms with E-state index in [-0.39, 0.29) is 11.5 Å². The number of benzene rings is 2. The normalized spacial score (nSPS) is 20.9. The van der Waals surface area contributed by atoms with Crippen molar-refractivity contribution in [3.05, 3.63) is 78.8 Å². The SMILES string of the molecule is CC(C)Oc1ccc(-c2n[nH]c3ccc(N4CCC5(CCN(CC(O)N6CC=C(c7ccc(-c8ncn(C)n8)cc7)CC6)C5)C4)cc23)cn1. The van der Waals surface area contributed by atoms with Gasteiger partial charge in [-0.15, -0.1) is 0 Å². The quantitative estimate of drug-likeness (QED) is 0.220. The van der Waals surface area contributed by atoms with E-state index >= 15 is 0 Å². The second kappa shape index (κ2) is 13.0. The minimum Gasteiger partial charge on any atom is -0.475 e. The van der Waals surface area contributed by atoms with Gasteiger partial charge >= 0.3 is 0 Å². The van der Waals surface area contributed by atoms with Crippen molar-refractivity contribution in [2.75, 3.05) is 50.7 Å². The van der Waals surface area contributed by atoms with Crippen LogP contribution in [0.3, 0.4) is 0 Å². The molecule has 0 amide bonds. The van der Waals surface area contributed by atoms with Gasteiger partial charge in [0.2, 0.25) is 5.88 Å². The topological polar surface area (TPSA) is 111 Å². The van der Waals surface area contributed by atoms with E-state index < -0.39 is 6.23 Å². The Kier molecular flexibility index (Phi) is 8.43. The highest BCUT2D eigenvalue weighted by atomic mass is 16.5. The van der Waals surface area contributed by atoms with E-state index in [9.17, 15) is 5.11 Å². The molecule has 3 aliphatic rings. The number of fused-ring (bicyclic) bond motifs is 1. The molecule has 11 nitrogen and oxygen atoms in total. The number of aliphatic hydroxyl groups is 1. The predicted molar refractivity (Wildman–Crippen MR) is 192 cm³/mol. The largest absolute Gasteiger partial charge is 0.475 e. The molecule has 0 bridgehead atoms. The van der Waals surface area contributed by atoms with Crippen LogP contribution in [0.15, 0.2) is 73.2 Å². The first-order chi connectivity index (χ1) is 23.8. The highest BCUT2D eigenvalue weighted by molar-refractivity contribution is 5.95. The summed E-state index contributed by atoms with van der Waals surface area (Å²) in [5.41, 5.74) is 7.97. The third-order valence-electron chi connectivity index (χ3n) is 10.4. The van der Waals surface area contributed by atoms with Gasteiger partial charge in [-0.3, -0.25) is 19.6 Å². The molecule has 3 aromatic heterocycles. The van der Waals surface area contributed by atoms with Gasteiger partial charge in [-0.05, 0) is 75.1 Å². The number of aromatic nitrogens is 6. The zero-order valence-electron chi connectivity index (χ0n) is 28.6. The molecule has 2 fully saturated rings. The number of aryl methyl sites for hydroxylation is 1. The average molecular weight is 660 g/mol. The van der Waals surface area contributed by atoms with Crippen molar-refractivity contribution in [3.63, 3.8) is 0 Å². The molecule has 1 spiro atoms. The average Bonchev–Trinajstić information content (AvgIpc) is 3.92. The minimum absolute atomic E-state index is 0.0843. The molecule has 254 valence electrons. The van der Waals surface area contributed by atoms with E-state index in [1.165, 1.54) is 29.7 Å². The number of ether oxygens (including phenoxy) is 1. The molecule has 2 saturated heterocycles. The van der Waals surface area contributed by atoms with Crippen LogP contribution in [-0.4, -0.2) is 103 Å². The Labute approximate surface area is 287 Å². The Morgan fingerprint density at radius 2 is 1.76 bits per heavy atom. The second-order valence-corrected chi connectivity index (χ2v) is 14.3. The van der Waals surface area contributed by atoms with E-state index in [1.54, 1.807) is 11.0 Å². The van der Waals surface area contributed by atoms with E-state index in [0.29, 0.717) is 12.4 Å². The van der Waals surface area contributed by atoms with Crippen LogP contribution in [0, 0.1) is 5.41 Å². The van der Waals surface area contributed by atoms with Crippen molar-refractivity contribution < 1.29 is 9.84 Å². The number of aliphatic hydroxyl groups excluding tert-OH is 1. The van der Waals surface area contributed by atoms with Crippen LogP contribution < -0.4 is 9.64 Å². The van der Waals surface area contributed by atoms with Crippen LogP contribution in [0.25, 0.3) is 39.1 Å². The molecule has 8 rings (SSSR count). The number of nitrogens with zero attached hydrogens (tertiary/aromatic N) is 8. The number of pyridine rings is 1. The van der Waals surface area contributed by atoms with Crippen LogP contribution in [0.4, 0.5) is 5.69 Å². The fourth-order valence-electron chi connectivity index (χ4n) is 7.79. The van der Waals surface area contributed by atoms with Crippen molar-refractivity contribution in [1.82, 2.24) is 39.7 Å². The van der Waals surface area contributed by atoms with Crippen LogP contribution in [0.5, 0.6) is 5.88 Å². The monoisotopic (exact) mass is 659 g/mol. The summed E-state index contributed by atoms with van der Waals surface area (Å²) in [4.78, 5) is 16.1. The lowest BCUT2D eigenvalue weighted by atomic mass is 9.86. The number of aromatic amines is 1. The van der Waals surface area contributed by atoms with Gasteiger partial charge in [0.25, 0.3) is 0 Å². The fourth-order valence-corrected chi connectivity index (χ4v) is 7.79. The summed E-state index contributed by atoms with van der Waals surface area (Å²) in [5, 5.41) is 24.6. The Balaban J connectivity index is 0.865. The Hall–Kier alpha value is -4.58. The van der Waals surface area contributed by atoms with E-state index in [4.69, 9.17) is 4.74 Å². The Bertz CT molecular complexity index is 1950. The van der Waals surface area contributed by atoms with E-state index in [0.717, 1.165) is 79.2 Å². The summed E-state index contributed by atoms with van der Waals surface area (Å²) in [6.07, 6.45) is 8.71. The molecule has 2 unspecified atom stereocenters. The number of hydrogen-bond donors (Lipinski definition) is 2. The molecule has 11 heteroatoms. The molecular formula is C38H45N9O2. The number of nitrogens with one attached hydrogen (secondary N) is 1. The molecule has 0 aliphatic carbocycles. The molecule has 49 heavy (non-hydrogen) atoms. The highest BCUT2D eigenvalue weighted by Gasteiger charge is 2.44. The summed E-state index contributed by atoms with van der Waals surface area (Å²) in [6.45, 7) is 10.4. The lowest BCUT2D eigenvalue weighted by Gasteiger charge is -2.33. The maximum Gasteiger partial charge on any atom is 0.213 e. The third-order valence-corrected chi connectivity index (χ3v) is 10.4. The number of β-amino-alcohol motifs (C(OH)–C–C–N with tert-alkyl or cyclic N) is 1. The molecule has 0 saturated carbocycles. The Morgan fingerprint density at radius 3 is 2.49 bits per heavy atom. The maximum absolute atomic E-state index is 11.3. The van der Waals surface area contributed by atoms with Crippen molar-refractivity contribution >= 4 is 22.2 Å². The summed E-state index contributed by atoms with van der Waals surface area (Å²) in [5.74, 6) is 1.37. The standard InChI is InChI=1S/C38H45N9O2/c1-26(2)49-34-11-8-30(21-39-34)36-32-20-31(9-10-33(32)41-42-36)47-19-15-38(24-47)14-18-45(23-38)22-35(48)46-16-12-28(13-17-46)27-4-6-29(7-5-27)37-40-25-44(3)43-37/h4-12,20-21,25-26,35,48H,13-19,22-24H2,1-3H3,(H,41,42). The van der Waals surface area contributed by atoms with Crippen molar-refractivity contribution in [2.45, 2.75) is 45.4 Å². The first-order valence-electron chi connectivity index (χ1n) is 17.5. The van der Waals surface area contributed by atoms with Crippen LogP contribution in [0.2, 0.25) is 0 Å². The molecule has 3 aliphatic heterocycles. The smallest absolute Gasteiger partial charge is 0.213 e. The van der Waals surface area contributed by atoms with E-state index in [2.05, 4.69) is 88.5 Å². The van der Waals surface area contributed by atoms with Crippen molar-refractivity contribution in [2.24, 2.45) is 12.5 Å². The van der Waals surface area contributed by atoms with Gasteiger partial charge in [0.1, 0.15) is 18.2 Å². The van der Waals surface area contributed by atoms with Gasteiger partial charge in [-0.1, -0.05) is 30.3 Å². The zero-order chi connectivity index (χ0) is 33.5. The minimum atomic E-state index is -0.467. The Morgan fingerprint density at radius 1 is 0.939 bits per heavy atom. The summed E-state index contributed by atoms with van der Waals surface area (Å²) in [6, 6.07) is 19.1. The maximum atomic E-state index is 11.3. The summed E-state index contributed by atoms with van der Waals surface area (Å²) < 4.78 is 7.45.